The molecule has 5 nitrogen and oxygen atoms in total. The summed E-state index contributed by atoms with van der Waals surface area (Å²) in [7, 11) is 1.58. The van der Waals surface area contributed by atoms with Gasteiger partial charge in [-0.05, 0) is 37.9 Å². The molecule has 7 heteroatoms. The van der Waals surface area contributed by atoms with E-state index in [4.69, 9.17) is 19.0 Å². The van der Waals surface area contributed by atoms with Crippen LogP contribution in [0.3, 0.4) is 0 Å². The summed E-state index contributed by atoms with van der Waals surface area (Å²) >= 11 is 6.72. The third-order valence-electron chi connectivity index (χ3n) is 2.10. The first-order valence-electron chi connectivity index (χ1n) is 4.90. The molecule has 2 aromatic rings. The number of hydrogen-bond donors (Lipinski definition) is 1. The van der Waals surface area contributed by atoms with Gasteiger partial charge in [0.25, 0.3) is 0 Å². The van der Waals surface area contributed by atoms with Crippen molar-refractivity contribution >= 4 is 31.9 Å². The van der Waals surface area contributed by atoms with Crippen LogP contribution in [0.15, 0.2) is 31.8 Å². The maximum atomic E-state index is 8.87. The summed E-state index contributed by atoms with van der Waals surface area (Å²) in [6.07, 6.45) is 1.40. The number of aliphatic hydroxyl groups is 1. The van der Waals surface area contributed by atoms with Crippen LogP contribution in [0.4, 0.5) is 0 Å². The normalized spacial score (nSPS) is 10.4. The summed E-state index contributed by atoms with van der Waals surface area (Å²) in [5, 5.41) is 8.87. The average molecular weight is 379 g/mol. The van der Waals surface area contributed by atoms with Crippen LogP contribution in [-0.2, 0) is 6.61 Å². The minimum Gasteiger partial charge on any atom is -0.496 e. The predicted octanol–water partition coefficient (Wildman–Crippen LogP) is 3.49. The molecule has 1 N–H and O–H groups in total. The summed E-state index contributed by atoms with van der Waals surface area (Å²) in [5.74, 6) is 1.20. The molecule has 1 heterocycles. The Labute approximate surface area is 120 Å². The minimum atomic E-state index is -0.194. The Kier molecular flexibility index (Phi) is 4.26. The summed E-state index contributed by atoms with van der Waals surface area (Å²) in [6, 6.07) is 3.49. The number of oxazole rings is 1. The number of methoxy groups -OCH3 is 1. The monoisotopic (exact) mass is 377 g/mol. The van der Waals surface area contributed by atoms with E-state index in [-0.39, 0.29) is 12.7 Å². The molecule has 2 rings (SSSR count). The molecule has 0 saturated carbocycles. The van der Waals surface area contributed by atoms with Crippen molar-refractivity contribution in [1.82, 2.24) is 4.98 Å². The maximum absolute atomic E-state index is 8.87. The van der Waals surface area contributed by atoms with E-state index in [1.165, 1.54) is 6.26 Å². The second-order valence-electron chi connectivity index (χ2n) is 3.28. The molecule has 0 aliphatic carbocycles. The van der Waals surface area contributed by atoms with Gasteiger partial charge >= 0.3 is 6.08 Å². The molecule has 1 aromatic heterocycles. The van der Waals surface area contributed by atoms with Gasteiger partial charge in [0.1, 0.15) is 23.5 Å². The third-order valence-corrected chi connectivity index (χ3v) is 3.34. The third kappa shape index (κ3) is 2.85. The topological polar surface area (TPSA) is 64.7 Å². The number of rotatable bonds is 4. The summed E-state index contributed by atoms with van der Waals surface area (Å²) in [4.78, 5) is 3.93. The van der Waals surface area contributed by atoms with Crippen molar-refractivity contribution in [2.45, 2.75) is 6.61 Å². The van der Waals surface area contributed by atoms with Crippen LogP contribution < -0.4 is 9.47 Å². The lowest BCUT2D eigenvalue weighted by Crippen LogP contribution is -1.90. The molecule has 0 amide bonds. The van der Waals surface area contributed by atoms with Crippen LogP contribution in [-0.4, -0.2) is 17.2 Å². The van der Waals surface area contributed by atoms with Crippen LogP contribution in [0.25, 0.3) is 0 Å². The van der Waals surface area contributed by atoms with E-state index in [0.29, 0.717) is 21.7 Å². The van der Waals surface area contributed by atoms with Gasteiger partial charge in [0.2, 0.25) is 0 Å². The molecule has 0 aliphatic heterocycles. The standard InChI is InChI=1S/C11H9Br2NO4/c1-16-9-2-8(13)10(3-7(9)12)18-11-14-6(4-15)5-17-11/h2-3,5,15H,4H2,1H3. The van der Waals surface area contributed by atoms with E-state index in [1.54, 1.807) is 19.2 Å². The summed E-state index contributed by atoms with van der Waals surface area (Å²) in [5.41, 5.74) is 0.411. The molecule has 96 valence electrons. The van der Waals surface area contributed by atoms with Crippen LogP contribution >= 0.6 is 31.9 Å². The highest BCUT2D eigenvalue weighted by Gasteiger charge is 2.12. The van der Waals surface area contributed by atoms with Crippen molar-refractivity contribution in [2.24, 2.45) is 0 Å². The van der Waals surface area contributed by atoms with E-state index < -0.39 is 0 Å². The SMILES string of the molecule is COc1cc(Br)c(Oc2nc(CO)co2)cc1Br. The largest absolute Gasteiger partial charge is 0.496 e. The van der Waals surface area contributed by atoms with Crippen molar-refractivity contribution in [3.8, 4) is 17.6 Å². The zero-order valence-electron chi connectivity index (χ0n) is 9.31. The smallest absolute Gasteiger partial charge is 0.399 e. The number of ether oxygens (including phenoxy) is 2. The quantitative estimate of drug-likeness (QED) is 0.882. The number of nitrogens with zero attached hydrogens (tertiary/aromatic N) is 1. The molecule has 0 atom stereocenters. The number of halogens is 2. The average Bonchev–Trinajstić information content (AvgIpc) is 2.81. The first kappa shape index (κ1) is 13.4. The second-order valence-corrected chi connectivity index (χ2v) is 4.99. The van der Waals surface area contributed by atoms with Crippen molar-refractivity contribution in [3.05, 3.63) is 33.0 Å². The van der Waals surface area contributed by atoms with Gasteiger partial charge in [-0.3, -0.25) is 0 Å². The molecule has 0 radical (unpaired) electrons. The fourth-order valence-electron chi connectivity index (χ4n) is 1.25. The Morgan fingerprint density at radius 2 is 1.94 bits per heavy atom. The van der Waals surface area contributed by atoms with E-state index in [0.717, 1.165) is 4.47 Å². The second kappa shape index (κ2) is 5.73. The van der Waals surface area contributed by atoms with Gasteiger partial charge in [-0.1, -0.05) is 0 Å². The molecule has 0 unspecified atom stereocenters. The first-order valence-corrected chi connectivity index (χ1v) is 6.48. The van der Waals surface area contributed by atoms with Crippen LogP contribution in [0.5, 0.6) is 17.6 Å². The summed E-state index contributed by atoms with van der Waals surface area (Å²) in [6.45, 7) is -0.194. The zero-order valence-corrected chi connectivity index (χ0v) is 12.5. The van der Waals surface area contributed by atoms with E-state index >= 15 is 0 Å². The van der Waals surface area contributed by atoms with Crippen molar-refractivity contribution in [2.75, 3.05) is 7.11 Å². The van der Waals surface area contributed by atoms with E-state index in [1.807, 2.05) is 0 Å². The Morgan fingerprint density at radius 1 is 1.28 bits per heavy atom. The molecule has 0 spiro atoms. The molecule has 0 aliphatic rings. The van der Waals surface area contributed by atoms with Gasteiger partial charge in [0, 0.05) is 6.07 Å². The number of aromatic nitrogens is 1. The molecule has 1 aromatic carbocycles. The predicted molar refractivity (Wildman–Crippen MR) is 70.9 cm³/mol. The lowest BCUT2D eigenvalue weighted by Gasteiger charge is -2.08. The van der Waals surface area contributed by atoms with Crippen molar-refractivity contribution in [3.63, 3.8) is 0 Å². The highest BCUT2D eigenvalue weighted by Crippen LogP contribution is 2.37. The zero-order chi connectivity index (χ0) is 13.1. The highest BCUT2D eigenvalue weighted by atomic mass is 79.9. The minimum absolute atomic E-state index is 0.0665. The van der Waals surface area contributed by atoms with Gasteiger partial charge < -0.3 is 19.0 Å². The number of hydrogen-bond acceptors (Lipinski definition) is 5. The lowest BCUT2D eigenvalue weighted by atomic mass is 10.3. The van der Waals surface area contributed by atoms with Gasteiger partial charge in [-0.25, -0.2) is 0 Å². The molecule has 0 fully saturated rings. The van der Waals surface area contributed by atoms with Crippen LogP contribution in [0, 0.1) is 0 Å². The van der Waals surface area contributed by atoms with Gasteiger partial charge in [0.15, 0.2) is 0 Å². The maximum Gasteiger partial charge on any atom is 0.399 e. The summed E-state index contributed by atoms with van der Waals surface area (Å²) < 4.78 is 17.1. The number of aliphatic hydroxyl groups excluding tert-OH is 1. The fraction of sp³-hybridized carbons (Fsp3) is 0.182. The molecule has 0 saturated heterocycles. The van der Waals surface area contributed by atoms with Gasteiger partial charge in [0.05, 0.1) is 22.7 Å². The lowest BCUT2D eigenvalue weighted by molar-refractivity contribution is 0.276. The van der Waals surface area contributed by atoms with E-state index in [2.05, 4.69) is 36.8 Å². The molecule has 0 bridgehead atoms. The Morgan fingerprint density at radius 3 is 2.56 bits per heavy atom. The molecular formula is C11H9Br2NO4. The van der Waals surface area contributed by atoms with Crippen LogP contribution in [0.1, 0.15) is 5.69 Å². The van der Waals surface area contributed by atoms with Crippen molar-refractivity contribution < 1.29 is 19.0 Å². The Bertz CT molecular complexity index is 556. The van der Waals surface area contributed by atoms with E-state index in [9.17, 15) is 0 Å². The number of benzene rings is 1. The Balaban J connectivity index is 2.26. The highest BCUT2D eigenvalue weighted by molar-refractivity contribution is 9.11. The fourth-order valence-corrected chi connectivity index (χ4v) is 2.13. The van der Waals surface area contributed by atoms with Gasteiger partial charge in [-0.15, -0.1) is 0 Å². The van der Waals surface area contributed by atoms with Gasteiger partial charge in [-0.2, -0.15) is 4.98 Å². The molecule has 18 heavy (non-hydrogen) atoms. The van der Waals surface area contributed by atoms with Crippen LogP contribution in [0.2, 0.25) is 0 Å². The first-order chi connectivity index (χ1) is 8.63. The van der Waals surface area contributed by atoms with Crippen molar-refractivity contribution in [1.29, 1.82) is 0 Å². The Hall–Kier alpha value is -1.05. The molecular weight excluding hydrogens is 370 g/mol.